The molecule has 0 aliphatic carbocycles. The molecule has 4 N–H and O–H groups in total. The normalized spacial score (nSPS) is 13.1. The number of sulfone groups is 1. The van der Waals surface area contributed by atoms with Crippen LogP contribution < -0.4 is 15.2 Å². The van der Waals surface area contributed by atoms with E-state index in [1.54, 1.807) is 18.9 Å². The molecule has 0 fully saturated rings. The van der Waals surface area contributed by atoms with E-state index in [9.17, 15) is 22.7 Å². The Morgan fingerprint density at radius 1 is 1.17 bits per heavy atom. The Morgan fingerprint density at radius 2 is 1.93 bits per heavy atom. The van der Waals surface area contributed by atoms with Crippen LogP contribution >= 0.6 is 0 Å². The highest BCUT2D eigenvalue weighted by atomic mass is 32.2. The number of halogens is 2. The number of ether oxygens (including phenoxy) is 3. The van der Waals surface area contributed by atoms with Crippen molar-refractivity contribution in [2.24, 2.45) is 10.7 Å². The van der Waals surface area contributed by atoms with Crippen molar-refractivity contribution in [3.8, 4) is 28.9 Å². The number of likely N-dealkylation sites (N-methyl/N-ethyl adjacent to an activating group) is 1. The molecule has 12 nitrogen and oxygen atoms in total. The Balaban J connectivity index is 1.74. The maximum absolute atomic E-state index is 15.5. The fourth-order valence-electron chi connectivity index (χ4n) is 3.81. The Hall–Kier alpha value is -4.79. The number of rotatable bonds is 10. The number of carbonyl (C=O) groups is 1. The van der Waals surface area contributed by atoms with E-state index in [0.29, 0.717) is 25.1 Å². The van der Waals surface area contributed by atoms with E-state index < -0.39 is 50.6 Å². The number of nitrogens with zero attached hydrogens (tertiary/aromatic N) is 3. The van der Waals surface area contributed by atoms with Crippen LogP contribution in [0.4, 0.5) is 8.78 Å². The van der Waals surface area contributed by atoms with Crippen LogP contribution in [-0.4, -0.2) is 73.5 Å². The summed E-state index contributed by atoms with van der Waals surface area (Å²) in [7, 11) is -2.45. The van der Waals surface area contributed by atoms with Crippen molar-refractivity contribution < 1.29 is 41.3 Å². The smallest absolute Gasteiger partial charge is 0.321 e. The number of phenolic OH excluding ortho intramolecular Hbond substituents is 1. The quantitative estimate of drug-likeness (QED) is 0.181. The summed E-state index contributed by atoms with van der Waals surface area (Å²) in [4.78, 5) is 21.2. The van der Waals surface area contributed by atoms with Gasteiger partial charge in [-0.3, -0.25) is 15.2 Å². The number of esters is 1. The van der Waals surface area contributed by atoms with Crippen molar-refractivity contribution in [1.29, 1.82) is 5.41 Å². The molecule has 1 aromatic heterocycles. The van der Waals surface area contributed by atoms with E-state index in [0.717, 1.165) is 6.07 Å². The lowest BCUT2D eigenvalue weighted by Gasteiger charge is -2.19. The molecule has 0 radical (unpaired) electrons. The van der Waals surface area contributed by atoms with Crippen LogP contribution in [0.25, 0.3) is 0 Å². The van der Waals surface area contributed by atoms with E-state index in [4.69, 9.17) is 25.4 Å². The number of nitrogen functional groups attached to an aromatic ring is 1. The van der Waals surface area contributed by atoms with Crippen molar-refractivity contribution in [1.82, 2.24) is 9.88 Å². The minimum absolute atomic E-state index is 0.00449. The number of carbonyl (C=O) groups excluding carboxylic acids is 1. The van der Waals surface area contributed by atoms with Crippen LogP contribution in [0.3, 0.4) is 0 Å². The second-order valence-corrected chi connectivity index (χ2v) is 10.7. The molecule has 0 bridgehead atoms. The van der Waals surface area contributed by atoms with Gasteiger partial charge >= 0.3 is 5.97 Å². The predicted octanol–water partition coefficient (Wildman–Crippen LogP) is 2.96. The molecule has 2 aromatic carbocycles. The first-order chi connectivity index (χ1) is 19.4. The summed E-state index contributed by atoms with van der Waals surface area (Å²) in [5, 5.41) is 17.6. The largest absolute Gasteiger partial charge is 0.504 e. The van der Waals surface area contributed by atoms with Crippen molar-refractivity contribution in [2.75, 3.05) is 32.5 Å². The predicted molar refractivity (Wildman–Crippen MR) is 143 cm³/mol. The van der Waals surface area contributed by atoms with Gasteiger partial charge in [-0.05, 0) is 43.3 Å². The number of amidine groups is 2. The van der Waals surface area contributed by atoms with E-state index >= 15 is 4.39 Å². The topological polar surface area (TPSA) is 177 Å². The molecule has 0 amide bonds. The third-order valence-corrected chi connectivity index (χ3v) is 7.40. The third kappa shape index (κ3) is 6.35. The number of phenols is 1. The molecular weight excluding hydrogens is 564 g/mol. The summed E-state index contributed by atoms with van der Waals surface area (Å²) in [6, 6.07) is 7.20. The van der Waals surface area contributed by atoms with Gasteiger partial charge in [0, 0.05) is 19.2 Å². The van der Waals surface area contributed by atoms with Gasteiger partial charge in [0.25, 0.3) is 5.88 Å². The molecule has 0 saturated carbocycles. The summed E-state index contributed by atoms with van der Waals surface area (Å²) >= 11 is 0. The number of aromatic nitrogens is 1. The fourth-order valence-corrected chi connectivity index (χ4v) is 4.94. The van der Waals surface area contributed by atoms with E-state index in [-0.39, 0.29) is 40.0 Å². The number of pyridine rings is 1. The number of hydrogen-bond donors (Lipinski definition) is 3. The molecule has 2 heterocycles. The second kappa shape index (κ2) is 11.8. The Kier molecular flexibility index (Phi) is 8.37. The van der Waals surface area contributed by atoms with Crippen LogP contribution in [0.5, 0.6) is 28.9 Å². The first-order valence-electron chi connectivity index (χ1n) is 12.1. The zero-order valence-corrected chi connectivity index (χ0v) is 22.7. The number of benzene rings is 2. The van der Waals surface area contributed by atoms with E-state index in [1.165, 1.54) is 30.3 Å². The SMILES string of the molecule is CCOC(=O)CS(=O)(=O)c1ccc(Oc2c(F)cnc(Oc3cc(C(=N)N)ccc3O)c2F)c(C2=NCCN2C)c1. The first kappa shape index (κ1) is 29.2. The van der Waals surface area contributed by atoms with Crippen LogP contribution in [-0.2, 0) is 19.4 Å². The van der Waals surface area contributed by atoms with Gasteiger partial charge < -0.3 is 30.0 Å². The molecule has 0 spiro atoms. The molecule has 1 aliphatic heterocycles. The molecule has 0 unspecified atom stereocenters. The number of nitrogens with two attached hydrogens (primary N) is 1. The molecular formula is C26H25F2N5O7S. The number of hydrogen-bond acceptors (Lipinski definition) is 11. The average Bonchev–Trinajstić information content (AvgIpc) is 3.34. The molecule has 1 aliphatic rings. The van der Waals surface area contributed by atoms with E-state index in [1.807, 2.05) is 0 Å². The number of nitrogens with one attached hydrogen (secondary N) is 1. The highest BCUT2D eigenvalue weighted by Gasteiger charge is 2.27. The molecule has 41 heavy (non-hydrogen) atoms. The fraction of sp³-hybridized carbons (Fsp3) is 0.231. The average molecular weight is 590 g/mol. The molecule has 15 heteroatoms. The lowest BCUT2D eigenvalue weighted by molar-refractivity contribution is -0.139. The lowest BCUT2D eigenvalue weighted by Crippen LogP contribution is -2.24. The van der Waals surface area contributed by atoms with Crippen LogP contribution in [0.1, 0.15) is 18.1 Å². The zero-order chi connectivity index (χ0) is 29.9. The van der Waals surface area contributed by atoms with Crippen LogP contribution in [0.15, 0.2) is 52.5 Å². The lowest BCUT2D eigenvalue weighted by atomic mass is 10.1. The number of aromatic hydroxyl groups is 1. The molecule has 216 valence electrons. The minimum Gasteiger partial charge on any atom is -0.504 e. The summed E-state index contributed by atoms with van der Waals surface area (Å²) in [5.41, 5.74) is 5.71. The Morgan fingerprint density at radius 3 is 2.59 bits per heavy atom. The van der Waals surface area contributed by atoms with Gasteiger partial charge in [0.05, 0.1) is 29.8 Å². The summed E-state index contributed by atoms with van der Waals surface area (Å²) in [6.45, 7) is 2.42. The first-order valence-corrected chi connectivity index (χ1v) is 13.7. The maximum atomic E-state index is 15.5. The summed E-state index contributed by atoms with van der Waals surface area (Å²) in [5.74, 6) is -7.03. The zero-order valence-electron chi connectivity index (χ0n) is 21.8. The summed E-state index contributed by atoms with van der Waals surface area (Å²) in [6.07, 6.45) is 0.636. The third-order valence-electron chi connectivity index (χ3n) is 5.81. The van der Waals surface area contributed by atoms with Crippen molar-refractivity contribution in [2.45, 2.75) is 11.8 Å². The Labute approximate surface area is 233 Å². The number of aliphatic imine (C=N–C) groups is 1. The van der Waals surface area contributed by atoms with Crippen LogP contribution in [0.2, 0.25) is 0 Å². The van der Waals surface area contributed by atoms with Gasteiger partial charge in [0.15, 0.2) is 32.9 Å². The van der Waals surface area contributed by atoms with Crippen molar-refractivity contribution in [3.63, 3.8) is 0 Å². The molecule has 0 saturated heterocycles. The van der Waals surface area contributed by atoms with Gasteiger partial charge in [-0.15, -0.1) is 0 Å². The van der Waals surface area contributed by atoms with Gasteiger partial charge in [-0.25, -0.2) is 17.8 Å². The summed E-state index contributed by atoms with van der Waals surface area (Å²) < 4.78 is 71.7. The van der Waals surface area contributed by atoms with Crippen molar-refractivity contribution >= 4 is 27.5 Å². The molecule has 3 aromatic rings. The van der Waals surface area contributed by atoms with Crippen LogP contribution in [0, 0.1) is 17.0 Å². The minimum atomic E-state index is -4.14. The monoisotopic (exact) mass is 589 g/mol. The van der Waals surface area contributed by atoms with Gasteiger partial charge in [-0.2, -0.15) is 4.39 Å². The molecule has 4 rings (SSSR count). The standard InChI is InChI=1S/C26H25F2N5O7S/c1-3-38-21(35)13-41(36,37)15-5-7-19(16(11-15)25-31-8-9-33(25)2)39-23-17(27)12-32-26(22(23)28)40-20-10-14(24(29)30)4-6-18(20)34/h4-7,10-12,34H,3,8-9,13H2,1-2H3,(H3,29,30). The Bertz CT molecular complexity index is 1660. The van der Waals surface area contributed by atoms with Gasteiger partial charge in [-0.1, -0.05) is 0 Å². The maximum Gasteiger partial charge on any atom is 0.321 e. The highest BCUT2D eigenvalue weighted by Crippen LogP contribution is 2.38. The van der Waals surface area contributed by atoms with E-state index in [2.05, 4.69) is 9.98 Å². The van der Waals surface area contributed by atoms with Crippen molar-refractivity contribution in [3.05, 3.63) is 65.4 Å². The molecule has 0 atom stereocenters. The van der Waals surface area contributed by atoms with Gasteiger partial charge in [0.2, 0.25) is 11.6 Å². The van der Waals surface area contributed by atoms with Gasteiger partial charge in [0.1, 0.15) is 17.4 Å². The second-order valence-electron chi connectivity index (χ2n) is 8.70. The highest BCUT2D eigenvalue weighted by molar-refractivity contribution is 7.92.